The molecule has 28 heavy (non-hydrogen) atoms. The lowest BCUT2D eigenvalue weighted by atomic mass is 10.0. The Kier molecular flexibility index (Phi) is 9.24. The van der Waals surface area contributed by atoms with Crippen LogP contribution in [-0.4, -0.2) is 65.3 Å². The number of rotatable bonds is 6. The number of piperidine rings is 1. The minimum Gasteiger partial charge on any atom is -0.355 e. The third kappa shape index (κ3) is 5.94. The van der Waals surface area contributed by atoms with Gasteiger partial charge in [-0.25, -0.2) is 4.68 Å². The van der Waals surface area contributed by atoms with Crippen molar-refractivity contribution in [2.45, 2.75) is 38.8 Å². The van der Waals surface area contributed by atoms with Gasteiger partial charge >= 0.3 is 0 Å². The minimum absolute atomic E-state index is 0. The van der Waals surface area contributed by atoms with Gasteiger partial charge in [0.15, 0.2) is 5.96 Å². The zero-order valence-electron chi connectivity index (χ0n) is 17.2. The molecule has 1 aromatic carbocycles. The highest BCUT2D eigenvalue weighted by molar-refractivity contribution is 14.0. The second-order valence-corrected chi connectivity index (χ2v) is 7.19. The van der Waals surface area contributed by atoms with E-state index in [0.717, 1.165) is 36.8 Å². The first kappa shape index (κ1) is 22.7. The monoisotopic (exact) mass is 496 g/mol. The summed E-state index contributed by atoms with van der Waals surface area (Å²) in [4.78, 5) is 9.21. The van der Waals surface area contributed by atoms with E-state index >= 15 is 0 Å². The Morgan fingerprint density at radius 2 is 2.07 bits per heavy atom. The molecule has 0 radical (unpaired) electrons. The van der Waals surface area contributed by atoms with Crippen LogP contribution in [0.25, 0.3) is 5.69 Å². The normalized spacial score (nSPS) is 17.8. The van der Waals surface area contributed by atoms with Crippen molar-refractivity contribution in [3.05, 3.63) is 48.3 Å². The number of hydrogen-bond acceptors (Lipinski definition) is 3. The van der Waals surface area contributed by atoms with Crippen LogP contribution in [0, 0.1) is 0 Å². The first-order chi connectivity index (χ1) is 13.2. The highest BCUT2D eigenvalue weighted by atomic mass is 127. The zero-order valence-corrected chi connectivity index (χ0v) is 19.5. The number of likely N-dealkylation sites (tertiary alicyclic amines) is 1. The summed E-state index contributed by atoms with van der Waals surface area (Å²) < 4.78 is 1.92. The van der Waals surface area contributed by atoms with E-state index in [9.17, 15) is 0 Å². The molecule has 154 valence electrons. The second kappa shape index (κ2) is 11.4. The number of hydrogen-bond donors (Lipinski definition) is 1. The Morgan fingerprint density at radius 3 is 2.79 bits per heavy atom. The van der Waals surface area contributed by atoms with E-state index in [2.05, 4.69) is 57.5 Å². The topological polar surface area (TPSA) is 48.7 Å². The van der Waals surface area contributed by atoms with Gasteiger partial charge in [0.05, 0.1) is 11.9 Å². The fourth-order valence-corrected chi connectivity index (χ4v) is 3.81. The van der Waals surface area contributed by atoms with Crippen LogP contribution in [0.15, 0.2) is 47.7 Å². The number of halogens is 1. The lowest BCUT2D eigenvalue weighted by Gasteiger charge is -2.35. The smallest absolute Gasteiger partial charge is 0.193 e. The van der Waals surface area contributed by atoms with Gasteiger partial charge in [0, 0.05) is 45.0 Å². The van der Waals surface area contributed by atoms with Gasteiger partial charge in [-0.1, -0.05) is 31.5 Å². The predicted molar refractivity (Wildman–Crippen MR) is 127 cm³/mol. The quantitative estimate of drug-likeness (QED) is 0.379. The van der Waals surface area contributed by atoms with Gasteiger partial charge in [0.25, 0.3) is 0 Å². The maximum atomic E-state index is 4.49. The largest absolute Gasteiger partial charge is 0.355 e. The van der Waals surface area contributed by atoms with Crippen molar-refractivity contribution in [3.8, 4) is 5.69 Å². The Labute approximate surface area is 186 Å². The number of aromatic nitrogens is 2. The van der Waals surface area contributed by atoms with Crippen molar-refractivity contribution in [2.24, 2.45) is 4.99 Å². The predicted octanol–water partition coefficient (Wildman–Crippen LogP) is 3.37. The molecular formula is C21H33IN6. The van der Waals surface area contributed by atoms with Crippen LogP contribution in [0.3, 0.4) is 0 Å². The van der Waals surface area contributed by atoms with Gasteiger partial charge in [-0.2, -0.15) is 5.10 Å². The first-order valence-corrected chi connectivity index (χ1v) is 9.96. The molecule has 7 heteroatoms. The number of guanidine groups is 1. The molecule has 0 bridgehead atoms. The van der Waals surface area contributed by atoms with Gasteiger partial charge in [0.2, 0.25) is 0 Å². The van der Waals surface area contributed by atoms with Crippen molar-refractivity contribution in [1.29, 1.82) is 0 Å². The Bertz CT molecular complexity index is 730. The third-order valence-corrected chi connectivity index (χ3v) is 5.30. The molecule has 3 rings (SSSR count). The lowest BCUT2D eigenvalue weighted by molar-refractivity contribution is 0.156. The van der Waals surface area contributed by atoms with Crippen LogP contribution < -0.4 is 5.32 Å². The third-order valence-electron chi connectivity index (χ3n) is 5.30. The molecule has 6 nitrogen and oxygen atoms in total. The van der Waals surface area contributed by atoms with Crippen molar-refractivity contribution >= 4 is 29.9 Å². The summed E-state index contributed by atoms with van der Waals surface area (Å²) in [6.45, 7) is 6.32. The molecule has 1 unspecified atom stereocenters. The average molecular weight is 496 g/mol. The summed E-state index contributed by atoms with van der Waals surface area (Å²) in [6.07, 6.45) is 7.93. The van der Waals surface area contributed by atoms with E-state index in [-0.39, 0.29) is 24.0 Å². The van der Waals surface area contributed by atoms with Crippen LogP contribution in [0.2, 0.25) is 0 Å². The van der Waals surface area contributed by atoms with Gasteiger partial charge < -0.3 is 10.2 Å². The van der Waals surface area contributed by atoms with Gasteiger partial charge in [-0.15, -0.1) is 24.0 Å². The van der Waals surface area contributed by atoms with Crippen LogP contribution in [-0.2, 0) is 6.54 Å². The number of nitrogens with zero attached hydrogens (tertiary/aromatic N) is 5. The molecule has 0 spiro atoms. The molecule has 0 amide bonds. The summed E-state index contributed by atoms with van der Waals surface area (Å²) in [7, 11) is 3.93. The summed E-state index contributed by atoms with van der Waals surface area (Å²) in [5, 5.41) is 8.06. The molecule has 0 saturated carbocycles. The maximum absolute atomic E-state index is 4.49. The minimum atomic E-state index is 0. The number of benzene rings is 1. The Balaban J connectivity index is 0.00000280. The number of nitrogens with one attached hydrogen (secondary N) is 1. The van der Waals surface area contributed by atoms with Crippen LogP contribution in [0.5, 0.6) is 0 Å². The standard InChI is InChI=1S/C21H32N6.HI/c1-4-26-13-9-8-12-20(26)15-23-21(22-2)25(3)16-18-14-24-27(17-18)19-10-6-5-7-11-19;/h5-7,10-11,14,17,20H,4,8-9,12-13,15-16H2,1-3H3,(H,22,23);1H. The van der Waals surface area contributed by atoms with Crippen LogP contribution in [0.1, 0.15) is 31.7 Å². The van der Waals surface area contributed by atoms with Crippen molar-refractivity contribution in [3.63, 3.8) is 0 Å². The fraction of sp³-hybridized carbons (Fsp3) is 0.524. The van der Waals surface area contributed by atoms with Crippen LogP contribution >= 0.6 is 24.0 Å². The summed E-state index contributed by atoms with van der Waals surface area (Å²) in [5.74, 6) is 0.934. The fourth-order valence-electron chi connectivity index (χ4n) is 3.81. The van der Waals surface area contributed by atoms with E-state index in [0.29, 0.717) is 6.04 Å². The van der Waals surface area contributed by atoms with Crippen molar-refractivity contribution in [2.75, 3.05) is 33.7 Å². The van der Waals surface area contributed by atoms with Crippen LogP contribution in [0.4, 0.5) is 0 Å². The maximum Gasteiger partial charge on any atom is 0.193 e. The molecular weight excluding hydrogens is 463 g/mol. The van der Waals surface area contributed by atoms with E-state index in [1.54, 1.807) is 0 Å². The Hall–Kier alpha value is -1.61. The SMILES string of the molecule is CCN1CCCCC1CNC(=NC)N(C)Cc1cnn(-c2ccccc2)c1.I. The zero-order chi connectivity index (χ0) is 19.1. The molecule has 2 heterocycles. The van der Waals surface area contributed by atoms with Crippen molar-refractivity contribution in [1.82, 2.24) is 24.9 Å². The molecule has 1 fully saturated rings. The molecule has 1 aliphatic rings. The first-order valence-electron chi connectivity index (χ1n) is 9.96. The van der Waals surface area contributed by atoms with E-state index in [1.807, 2.05) is 36.1 Å². The molecule has 1 aliphatic heterocycles. The summed E-state index contributed by atoms with van der Waals surface area (Å²) in [5.41, 5.74) is 2.24. The second-order valence-electron chi connectivity index (χ2n) is 7.19. The van der Waals surface area contributed by atoms with Gasteiger partial charge in [0.1, 0.15) is 0 Å². The summed E-state index contributed by atoms with van der Waals surface area (Å²) >= 11 is 0. The number of para-hydroxylation sites is 1. The van der Waals surface area contributed by atoms with Gasteiger partial charge in [-0.3, -0.25) is 9.89 Å². The highest BCUT2D eigenvalue weighted by Crippen LogP contribution is 2.16. The Morgan fingerprint density at radius 1 is 1.29 bits per heavy atom. The molecule has 2 aromatic rings. The average Bonchev–Trinajstić information content (AvgIpc) is 3.18. The molecule has 1 aromatic heterocycles. The molecule has 0 aliphatic carbocycles. The van der Waals surface area contributed by atoms with Crippen molar-refractivity contribution < 1.29 is 0 Å². The van der Waals surface area contributed by atoms with Gasteiger partial charge in [-0.05, 0) is 38.1 Å². The number of likely N-dealkylation sites (N-methyl/N-ethyl adjacent to an activating group) is 1. The number of aliphatic imine (C=N–C) groups is 1. The molecule has 1 saturated heterocycles. The lowest BCUT2D eigenvalue weighted by Crippen LogP contribution is -2.49. The van der Waals surface area contributed by atoms with E-state index in [1.165, 1.54) is 25.8 Å². The highest BCUT2D eigenvalue weighted by Gasteiger charge is 2.21. The van der Waals surface area contributed by atoms with E-state index < -0.39 is 0 Å². The van der Waals surface area contributed by atoms with E-state index in [4.69, 9.17) is 0 Å². The molecule has 1 N–H and O–H groups in total. The summed E-state index contributed by atoms with van der Waals surface area (Å²) in [6, 6.07) is 10.8. The molecule has 1 atom stereocenters.